The molecule has 1 amide bonds. The van der Waals surface area contributed by atoms with Crippen molar-refractivity contribution >= 4 is 11.6 Å². The van der Waals surface area contributed by atoms with Gasteiger partial charge < -0.3 is 4.90 Å². The zero-order valence-electron chi connectivity index (χ0n) is 15.4. The Morgan fingerprint density at radius 1 is 1.04 bits per heavy atom. The van der Waals surface area contributed by atoms with Gasteiger partial charge in [0.2, 0.25) is 5.91 Å². The quantitative estimate of drug-likeness (QED) is 0.754. The number of amides is 1. The first-order valence-corrected chi connectivity index (χ1v) is 8.41. The Kier molecular flexibility index (Phi) is 5.61. The molecule has 2 nitrogen and oxygen atoms in total. The maximum atomic E-state index is 13.3. The van der Waals surface area contributed by atoms with Crippen molar-refractivity contribution < 1.29 is 13.6 Å². The van der Waals surface area contributed by atoms with Crippen LogP contribution >= 0.6 is 0 Å². The highest BCUT2D eigenvalue weighted by Crippen LogP contribution is 2.25. The van der Waals surface area contributed by atoms with Crippen LogP contribution in [0.1, 0.15) is 38.8 Å². The van der Waals surface area contributed by atoms with Crippen LogP contribution in [0.2, 0.25) is 0 Å². The van der Waals surface area contributed by atoms with Gasteiger partial charge in [0.05, 0.1) is 0 Å². The molecule has 0 aliphatic heterocycles. The van der Waals surface area contributed by atoms with Crippen LogP contribution < -0.4 is 4.90 Å². The van der Waals surface area contributed by atoms with Crippen molar-refractivity contribution in [2.45, 2.75) is 39.5 Å². The third-order valence-electron chi connectivity index (χ3n) is 4.34. The number of benzene rings is 2. The van der Waals surface area contributed by atoms with Gasteiger partial charge in [0, 0.05) is 24.7 Å². The summed E-state index contributed by atoms with van der Waals surface area (Å²) in [5.41, 5.74) is 2.53. The fourth-order valence-corrected chi connectivity index (χ4v) is 2.81. The highest BCUT2D eigenvalue weighted by Gasteiger charge is 2.20. The molecule has 0 radical (unpaired) electrons. The summed E-state index contributed by atoms with van der Waals surface area (Å²) in [6.45, 7) is 8.18. The lowest BCUT2D eigenvalue weighted by molar-refractivity contribution is -0.121. The second-order valence-corrected chi connectivity index (χ2v) is 7.58. The number of hydrogen-bond donors (Lipinski definition) is 0. The van der Waals surface area contributed by atoms with Crippen molar-refractivity contribution in [1.29, 1.82) is 0 Å². The second kappa shape index (κ2) is 7.34. The number of anilines is 1. The molecule has 0 fully saturated rings. The molecule has 25 heavy (non-hydrogen) atoms. The minimum Gasteiger partial charge on any atom is -0.315 e. The molecule has 0 aliphatic rings. The van der Waals surface area contributed by atoms with E-state index in [1.165, 1.54) is 17.7 Å². The summed E-state index contributed by atoms with van der Waals surface area (Å²) in [6.07, 6.45) is 0.290. The normalized spacial score (nSPS) is 12.8. The van der Waals surface area contributed by atoms with Crippen LogP contribution in [0.3, 0.4) is 0 Å². The van der Waals surface area contributed by atoms with E-state index in [0.29, 0.717) is 5.56 Å². The first-order chi connectivity index (χ1) is 11.6. The summed E-state index contributed by atoms with van der Waals surface area (Å²) in [7, 11) is 1.72. The maximum absolute atomic E-state index is 13.3. The van der Waals surface area contributed by atoms with Crippen LogP contribution in [-0.2, 0) is 16.6 Å². The zero-order chi connectivity index (χ0) is 18.8. The van der Waals surface area contributed by atoms with E-state index in [2.05, 4.69) is 20.8 Å². The number of nitrogens with zero attached hydrogens (tertiary/aromatic N) is 1. The van der Waals surface area contributed by atoms with Crippen molar-refractivity contribution in [1.82, 2.24) is 0 Å². The van der Waals surface area contributed by atoms with Gasteiger partial charge in [0.15, 0.2) is 0 Å². The molecule has 0 saturated carbocycles. The van der Waals surface area contributed by atoms with Gasteiger partial charge in [-0.25, -0.2) is 8.78 Å². The molecule has 0 spiro atoms. The van der Waals surface area contributed by atoms with Gasteiger partial charge in [-0.3, -0.25) is 4.79 Å². The lowest BCUT2D eigenvalue weighted by atomic mass is 9.87. The summed E-state index contributed by atoms with van der Waals surface area (Å²) < 4.78 is 26.6. The fraction of sp³-hybridized carbons (Fsp3) is 0.381. The molecule has 0 aromatic heterocycles. The van der Waals surface area contributed by atoms with Gasteiger partial charge in [-0.1, -0.05) is 39.8 Å². The average Bonchev–Trinajstić information content (AvgIpc) is 2.51. The third kappa shape index (κ3) is 4.88. The minimum atomic E-state index is -0.624. The lowest BCUT2D eigenvalue weighted by Crippen LogP contribution is -2.32. The standard InChI is InChI=1S/C21H25F2NO/c1-14(10-15-11-17(22)13-18(23)12-15)20(25)24(5)19-8-6-16(7-9-19)21(2,3)4/h6-9,11-14H,10H2,1-5H3/t14-/m0/s1. The predicted molar refractivity (Wildman–Crippen MR) is 97.8 cm³/mol. The van der Waals surface area contributed by atoms with Crippen molar-refractivity contribution in [3.8, 4) is 0 Å². The summed E-state index contributed by atoms with van der Waals surface area (Å²) >= 11 is 0. The number of carbonyl (C=O) groups excluding carboxylic acids is 1. The van der Waals surface area contributed by atoms with Crippen LogP contribution in [0, 0.1) is 17.6 Å². The van der Waals surface area contributed by atoms with E-state index in [9.17, 15) is 13.6 Å². The topological polar surface area (TPSA) is 20.3 Å². The molecule has 2 rings (SSSR count). The van der Waals surface area contributed by atoms with Crippen LogP contribution in [0.5, 0.6) is 0 Å². The van der Waals surface area contributed by atoms with Gasteiger partial charge in [0.1, 0.15) is 11.6 Å². The van der Waals surface area contributed by atoms with E-state index in [1.807, 2.05) is 24.3 Å². The molecule has 0 N–H and O–H groups in total. The van der Waals surface area contributed by atoms with Crippen LogP contribution in [0.4, 0.5) is 14.5 Å². The van der Waals surface area contributed by atoms with E-state index >= 15 is 0 Å². The summed E-state index contributed by atoms with van der Waals surface area (Å²) in [5, 5.41) is 0. The molecular weight excluding hydrogens is 320 g/mol. The Morgan fingerprint density at radius 3 is 2.04 bits per heavy atom. The Bertz CT molecular complexity index is 727. The molecule has 2 aromatic carbocycles. The Morgan fingerprint density at radius 2 is 1.56 bits per heavy atom. The SMILES string of the molecule is C[C@@H](Cc1cc(F)cc(F)c1)C(=O)N(C)c1ccc(C(C)(C)C)cc1. The summed E-state index contributed by atoms with van der Waals surface area (Å²) in [4.78, 5) is 14.2. The predicted octanol–water partition coefficient (Wildman–Crippen LogP) is 5.10. The van der Waals surface area contributed by atoms with Crippen LogP contribution in [-0.4, -0.2) is 13.0 Å². The van der Waals surface area contributed by atoms with Crippen molar-refractivity contribution in [3.63, 3.8) is 0 Å². The largest absolute Gasteiger partial charge is 0.315 e. The first-order valence-electron chi connectivity index (χ1n) is 8.41. The minimum absolute atomic E-state index is 0.0514. The van der Waals surface area contributed by atoms with Crippen LogP contribution in [0.15, 0.2) is 42.5 Å². The zero-order valence-corrected chi connectivity index (χ0v) is 15.4. The molecule has 0 aliphatic carbocycles. The fourth-order valence-electron chi connectivity index (χ4n) is 2.81. The Balaban J connectivity index is 2.10. The lowest BCUT2D eigenvalue weighted by Gasteiger charge is -2.24. The van der Waals surface area contributed by atoms with Gasteiger partial charge in [-0.2, -0.15) is 0 Å². The van der Waals surface area contributed by atoms with Gasteiger partial charge in [-0.05, 0) is 47.2 Å². The van der Waals surface area contributed by atoms with Crippen molar-refractivity contribution in [2.24, 2.45) is 5.92 Å². The van der Waals surface area contributed by atoms with E-state index in [0.717, 1.165) is 11.8 Å². The molecule has 0 saturated heterocycles. The van der Waals surface area contributed by atoms with Gasteiger partial charge in [0.25, 0.3) is 0 Å². The molecule has 0 bridgehead atoms. The number of rotatable bonds is 4. The highest BCUT2D eigenvalue weighted by atomic mass is 19.1. The van der Waals surface area contributed by atoms with E-state index in [1.54, 1.807) is 18.9 Å². The summed E-state index contributed by atoms with van der Waals surface area (Å²) in [5.74, 6) is -1.72. The number of halogens is 2. The summed E-state index contributed by atoms with van der Waals surface area (Å²) in [6, 6.07) is 11.3. The monoisotopic (exact) mass is 345 g/mol. The molecular formula is C21H25F2NO. The first kappa shape index (κ1) is 19.1. The Labute approximate surface area is 148 Å². The molecule has 0 unspecified atom stereocenters. The van der Waals surface area contributed by atoms with E-state index < -0.39 is 11.6 Å². The van der Waals surface area contributed by atoms with Crippen LogP contribution in [0.25, 0.3) is 0 Å². The molecule has 134 valence electrons. The Hall–Kier alpha value is -2.23. The van der Waals surface area contributed by atoms with E-state index in [4.69, 9.17) is 0 Å². The average molecular weight is 345 g/mol. The number of hydrogen-bond acceptors (Lipinski definition) is 1. The van der Waals surface area contributed by atoms with Crippen molar-refractivity contribution in [3.05, 3.63) is 65.2 Å². The third-order valence-corrected chi connectivity index (χ3v) is 4.34. The maximum Gasteiger partial charge on any atom is 0.229 e. The smallest absolute Gasteiger partial charge is 0.229 e. The van der Waals surface area contributed by atoms with Gasteiger partial charge >= 0.3 is 0 Å². The van der Waals surface area contributed by atoms with Crippen molar-refractivity contribution in [2.75, 3.05) is 11.9 Å². The second-order valence-electron chi connectivity index (χ2n) is 7.58. The highest BCUT2D eigenvalue weighted by molar-refractivity contribution is 5.94. The number of carbonyl (C=O) groups is 1. The molecule has 2 aromatic rings. The molecule has 1 atom stereocenters. The van der Waals surface area contributed by atoms with E-state index in [-0.39, 0.29) is 23.7 Å². The van der Waals surface area contributed by atoms with Gasteiger partial charge in [-0.15, -0.1) is 0 Å². The molecule has 4 heteroatoms. The molecule has 0 heterocycles.